The van der Waals surface area contributed by atoms with Crippen LogP contribution in [-0.4, -0.2) is 101 Å². The molecule has 1 fully saturated rings. The number of aryl methyl sites for hydroxylation is 1. The van der Waals surface area contributed by atoms with Gasteiger partial charge in [0, 0.05) is 73.6 Å². The highest BCUT2D eigenvalue weighted by Crippen LogP contribution is 2.47. The number of carboxylic acid groups (broad SMARTS) is 2. The third-order valence-corrected chi connectivity index (χ3v) is 12.7. The van der Waals surface area contributed by atoms with Gasteiger partial charge in [-0.2, -0.15) is 0 Å². The van der Waals surface area contributed by atoms with E-state index in [1.165, 1.54) is 43.7 Å². The molecule has 6 rings (SSSR count). The molecule has 3 aliphatic heterocycles. The standard InChI is InChI=1S/C45H52F2N5O15P/c1-23-14-27(16-35(54)49-32(43(60)61)8-9-36(55)56)37(33(15-23)66-68(62,63)64)44(4,5)19-29(53)11-13-65-40-38-42(59)51-22-34(45(12-10-25(51)3)18-24(2)50-67-45)52(38)21-30(39(40)57)41(58)48-20-26-6-7-28(46)17-31(26)47/h6-7,14-15,17,21,25,32,34H,8-13,16,18-20,22H2,1-5H3,(H,48,58)(H,49,54)(H,55,56)(H,60,61)(H2,62,63,64)/t25-,32-,34+,45-/m0/s1. The molecule has 23 heteroatoms. The average Bonchev–Trinajstić information content (AvgIpc) is 3.55. The molecule has 3 amide bonds. The van der Waals surface area contributed by atoms with E-state index in [1.54, 1.807) is 11.8 Å². The molecule has 0 aliphatic carbocycles. The summed E-state index contributed by atoms with van der Waals surface area (Å²) in [6.45, 7) is 7.39. The SMILES string of the molecule is CC1=NO[C@@]2(CC[C@H](C)N3C[C@H]2n2cc(C(=O)NCc4ccc(F)cc4F)c(=O)c(OCCC(=O)CC(C)(C)c4c(CC(=O)N[C@@H](CCC(=O)O)C(=O)O)cc(C)cc4OP(=O)(O)O)c2C3=O)C1. The van der Waals surface area contributed by atoms with Gasteiger partial charge in [0.15, 0.2) is 17.0 Å². The first-order valence-electron chi connectivity index (χ1n) is 21.6. The number of halogens is 2. The van der Waals surface area contributed by atoms with Gasteiger partial charge in [0.1, 0.15) is 34.8 Å². The van der Waals surface area contributed by atoms with E-state index >= 15 is 0 Å². The van der Waals surface area contributed by atoms with Crippen LogP contribution in [0.2, 0.25) is 0 Å². The van der Waals surface area contributed by atoms with E-state index in [1.807, 2.05) is 6.92 Å². The highest BCUT2D eigenvalue weighted by atomic mass is 31.2. The number of carboxylic acids is 2. The van der Waals surface area contributed by atoms with Gasteiger partial charge >= 0.3 is 19.8 Å². The number of oxime groups is 1. The van der Waals surface area contributed by atoms with Gasteiger partial charge in [0.05, 0.1) is 24.8 Å². The lowest BCUT2D eigenvalue weighted by Crippen LogP contribution is -2.52. The van der Waals surface area contributed by atoms with Crippen molar-refractivity contribution in [3.63, 3.8) is 0 Å². The zero-order chi connectivity index (χ0) is 50.0. The number of Topliss-reactive ketones (excluding diaryl/α,β-unsaturated/α-hetero) is 1. The lowest BCUT2D eigenvalue weighted by atomic mass is 9.76. The van der Waals surface area contributed by atoms with Gasteiger partial charge in [-0.25, -0.2) is 18.1 Å². The molecule has 3 aliphatic rings. The summed E-state index contributed by atoms with van der Waals surface area (Å²) in [7, 11) is -5.25. The molecule has 0 unspecified atom stereocenters. The minimum atomic E-state index is -5.25. The first-order valence-corrected chi connectivity index (χ1v) is 23.1. The van der Waals surface area contributed by atoms with E-state index in [4.69, 9.17) is 19.2 Å². The molecule has 0 radical (unpaired) electrons. The van der Waals surface area contributed by atoms with Crippen molar-refractivity contribution >= 4 is 49.0 Å². The van der Waals surface area contributed by atoms with E-state index in [0.717, 1.165) is 12.1 Å². The molecular formula is C45H52F2N5O15P. The van der Waals surface area contributed by atoms with E-state index in [-0.39, 0.29) is 40.7 Å². The summed E-state index contributed by atoms with van der Waals surface area (Å²) in [6, 6.07) is 2.95. The molecule has 1 saturated heterocycles. The third kappa shape index (κ3) is 11.4. The number of phosphoric acid groups is 1. The summed E-state index contributed by atoms with van der Waals surface area (Å²) in [5.74, 6) is -8.47. The Morgan fingerprint density at radius 3 is 2.41 bits per heavy atom. The van der Waals surface area contributed by atoms with Crippen LogP contribution in [0.3, 0.4) is 0 Å². The molecule has 1 spiro atoms. The number of amides is 3. The number of benzene rings is 2. The van der Waals surface area contributed by atoms with Crippen molar-refractivity contribution in [1.82, 2.24) is 20.1 Å². The molecule has 2 bridgehead atoms. The molecule has 0 saturated carbocycles. The number of nitrogens with zero attached hydrogens (tertiary/aromatic N) is 3. The maximum atomic E-state index is 14.6. The maximum absolute atomic E-state index is 14.6. The van der Waals surface area contributed by atoms with E-state index in [2.05, 4.69) is 15.8 Å². The van der Waals surface area contributed by atoms with Gasteiger partial charge < -0.3 is 44.4 Å². The quantitative estimate of drug-likeness (QED) is 0.0917. The summed E-state index contributed by atoms with van der Waals surface area (Å²) in [5, 5.41) is 27.6. The number of phosphoric ester groups is 1. The van der Waals surface area contributed by atoms with Gasteiger partial charge in [-0.3, -0.25) is 38.6 Å². The highest BCUT2D eigenvalue weighted by molar-refractivity contribution is 7.46. The van der Waals surface area contributed by atoms with Crippen LogP contribution in [0, 0.1) is 18.6 Å². The lowest BCUT2D eigenvalue weighted by molar-refractivity contribution is -0.143. The van der Waals surface area contributed by atoms with Gasteiger partial charge in [-0.1, -0.05) is 31.1 Å². The molecule has 20 nitrogen and oxygen atoms in total. The Bertz CT molecular complexity index is 2700. The van der Waals surface area contributed by atoms with Gasteiger partial charge in [-0.05, 0) is 63.3 Å². The van der Waals surface area contributed by atoms with Crippen LogP contribution >= 0.6 is 7.82 Å². The van der Waals surface area contributed by atoms with Crippen molar-refractivity contribution in [2.75, 3.05) is 13.2 Å². The molecule has 6 N–H and O–H groups in total. The summed E-state index contributed by atoms with van der Waals surface area (Å²) < 4.78 is 52.9. The number of hydrogen-bond acceptors (Lipinski definition) is 12. The van der Waals surface area contributed by atoms with Gasteiger partial charge in [0.25, 0.3) is 11.8 Å². The zero-order valence-electron chi connectivity index (χ0n) is 37.8. The van der Waals surface area contributed by atoms with Crippen molar-refractivity contribution in [2.24, 2.45) is 5.16 Å². The Kier molecular flexibility index (Phi) is 15.0. The normalized spacial score (nSPS) is 19.3. The maximum Gasteiger partial charge on any atom is 0.524 e. The number of carbonyl (C=O) groups excluding carboxylic acids is 4. The summed E-state index contributed by atoms with van der Waals surface area (Å²) in [5.41, 5.74) is -3.00. The zero-order valence-corrected chi connectivity index (χ0v) is 38.7. The second-order valence-corrected chi connectivity index (χ2v) is 19.2. The number of ether oxygens (including phenoxy) is 1. The Hall–Kier alpha value is -6.51. The van der Waals surface area contributed by atoms with Crippen LogP contribution in [0.15, 0.2) is 46.5 Å². The third-order valence-electron chi connectivity index (χ3n) is 12.2. The fourth-order valence-electron chi connectivity index (χ4n) is 9.16. The number of aliphatic carboxylic acids is 2. The molecule has 68 heavy (non-hydrogen) atoms. The lowest BCUT2D eigenvalue weighted by Gasteiger charge is -2.42. The van der Waals surface area contributed by atoms with Crippen molar-refractivity contribution < 1.29 is 76.2 Å². The van der Waals surface area contributed by atoms with Crippen molar-refractivity contribution in [1.29, 1.82) is 0 Å². The van der Waals surface area contributed by atoms with Gasteiger partial charge in [-0.15, -0.1) is 0 Å². The monoisotopic (exact) mass is 971 g/mol. The number of pyridine rings is 1. The van der Waals surface area contributed by atoms with Gasteiger partial charge in [0.2, 0.25) is 11.3 Å². The Labute approximate surface area is 387 Å². The topological polar surface area (TPSA) is 290 Å². The smallest absolute Gasteiger partial charge is 0.487 e. The number of carbonyl (C=O) groups is 6. The second-order valence-electron chi connectivity index (χ2n) is 18.0. The second kappa shape index (κ2) is 20.0. The first-order chi connectivity index (χ1) is 31.8. The summed E-state index contributed by atoms with van der Waals surface area (Å²) in [6.07, 6.45) is 0.138. The fourth-order valence-corrected chi connectivity index (χ4v) is 9.56. The number of nitrogens with one attached hydrogen (secondary N) is 2. The number of hydrogen-bond donors (Lipinski definition) is 6. The molecule has 2 aromatic carbocycles. The van der Waals surface area contributed by atoms with Crippen LogP contribution in [0.25, 0.3) is 0 Å². The minimum Gasteiger partial charge on any atom is -0.487 e. The van der Waals surface area contributed by atoms with Crippen LogP contribution < -0.4 is 25.3 Å². The number of aromatic nitrogens is 1. The summed E-state index contributed by atoms with van der Waals surface area (Å²) >= 11 is 0. The molecule has 4 atom stereocenters. The Morgan fingerprint density at radius 2 is 1.78 bits per heavy atom. The highest BCUT2D eigenvalue weighted by Gasteiger charge is 2.54. The predicted octanol–water partition coefficient (Wildman–Crippen LogP) is 4.23. The van der Waals surface area contributed by atoms with Crippen LogP contribution in [0.5, 0.6) is 11.5 Å². The molecule has 366 valence electrons. The van der Waals surface area contributed by atoms with E-state index in [0.29, 0.717) is 36.6 Å². The minimum absolute atomic E-state index is 0.0125. The predicted molar refractivity (Wildman–Crippen MR) is 235 cm³/mol. The molecule has 4 heterocycles. The van der Waals surface area contributed by atoms with Crippen molar-refractivity contribution in [3.05, 3.63) is 91.9 Å². The Balaban J connectivity index is 1.31. The number of fused-ring (bicyclic) bond motifs is 5. The van der Waals surface area contributed by atoms with E-state index < -0.39 is 140 Å². The van der Waals surface area contributed by atoms with Crippen LogP contribution in [-0.2, 0) is 47.0 Å². The number of ketones is 1. The fraction of sp³-hybridized carbons (Fsp3) is 0.467. The molecule has 1 aromatic heterocycles. The van der Waals surface area contributed by atoms with Crippen molar-refractivity contribution in [3.8, 4) is 11.5 Å². The van der Waals surface area contributed by atoms with E-state index in [9.17, 15) is 61.8 Å². The van der Waals surface area contributed by atoms with Crippen LogP contribution in [0.1, 0.15) is 122 Å². The summed E-state index contributed by atoms with van der Waals surface area (Å²) in [4.78, 5) is 120. The molecular weight excluding hydrogens is 919 g/mol. The molecule has 3 aromatic rings. The Morgan fingerprint density at radius 1 is 1.06 bits per heavy atom. The average molecular weight is 972 g/mol. The number of rotatable bonds is 19. The van der Waals surface area contributed by atoms with Crippen molar-refractivity contribution in [2.45, 2.75) is 122 Å². The first kappa shape index (κ1) is 50.9. The van der Waals surface area contributed by atoms with Crippen LogP contribution in [0.4, 0.5) is 8.78 Å². The largest absolute Gasteiger partial charge is 0.524 e.